The molecular weight excluding hydrogens is 340 g/mol. The molecule has 0 saturated carbocycles. The molecule has 20 heavy (non-hydrogen) atoms. The molecule has 1 unspecified atom stereocenters. The van der Waals surface area contributed by atoms with Gasteiger partial charge in [-0.1, -0.05) is 34.0 Å². The average Bonchev–Trinajstić information content (AvgIpc) is 2.87. The van der Waals surface area contributed by atoms with Crippen LogP contribution in [0.4, 0.5) is 0 Å². The summed E-state index contributed by atoms with van der Waals surface area (Å²) >= 11 is 9.51. The van der Waals surface area contributed by atoms with Crippen LogP contribution in [0.15, 0.2) is 22.7 Å². The summed E-state index contributed by atoms with van der Waals surface area (Å²) in [4.78, 5) is 4.60. The number of hydrogen-bond donors (Lipinski definition) is 2. The highest BCUT2D eigenvalue weighted by molar-refractivity contribution is 9.10. The first-order chi connectivity index (χ1) is 9.70. The van der Waals surface area contributed by atoms with E-state index in [1.807, 2.05) is 18.2 Å². The van der Waals surface area contributed by atoms with Crippen LogP contribution in [0.25, 0.3) is 0 Å². The number of H-pyrrole nitrogens is 1. The third-order valence-corrected chi connectivity index (χ3v) is 4.14. The first-order valence-electron chi connectivity index (χ1n) is 6.80. The normalized spacial score (nSPS) is 19.2. The monoisotopic (exact) mass is 354 g/mol. The summed E-state index contributed by atoms with van der Waals surface area (Å²) in [6, 6.07) is 6.17. The van der Waals surface area contributed by atoms with Crippen LogP contribution in [0.1, 0.15) is 42.5 Å². The van der Waals surface area contributed by atoms with Crippen molar-refractivity contribution in [1.82, 2.24) is 20.5 Å². The van der Waals surface area contributed by atoms with Gasteiger partial charge in [0.15, 0.2) is 5.82 Å². The first-order valence-corrected chi connectivity index (χ1v) is 7.97. The van der Waals surface area contributed by atoms with E-state index in [4.69, 9.17) is 11.6 Å². The molecule has 3 rings (SSSR count). The van der Waals surface area contributed by atoms with Crippen LogP contribution in [-0.4, -0.2) is 21.7 Å². The standard InChI is InChI=1S/C14H16BrClN4/c15-10-5-9(6-11(16)8-10)7-13-18-14(20-19-13)12-3-1-2-4-17-12/h5-6,8,12,17H,1-4,7H2,(H,18,19,20). The maximum Gasteiger partial charge on any atom is 0.167 e. The number of benzene rings is 1. The lowest BCUT2D eigenvalue weighted by Crippen LogP contribution is -2.27. The Kier molecular flexibility index (Phi) is 4.38. The minimum absolute atomic E-state index is 0.292. The van der Waals surface area contributed by atoms with Crippen LogP contribution in [0.2, 0.25) is 5.02 Å². The Morgan fingerprint density at radius 3 is 2.95 bits per heavy atom. The molecule has 1 aromatic carbocycles. The van der Waals surface area contributed by atoms with Gasteiger partial charge in [-0.25, -0.2) is 4.98 Å². The SMILES string of the molecule is Clc1cc(Br)cc(Cc2nc(C3CCCCN3)n[nH]2)c1. The van der Waals surface area contributed by atoms with E-state index >= 15 is 0 Å². The molecule has 2 aromatic rings. The van der Waals surface area contributed by atoms with Crippen molar-refractivity contribution in [3.05, 3.63) is 44.9 Å². The molecule has 6 heteroatoms. The Morgan fingerprint density at radius 1 is 1.30 bits per heavy atom. The third kappa shape index (κ3) is 3.40. The van der Waals surface area contributed by atoms with Crippen LogP contribution in [0.5, 0.6) is 0 Å². The summed E-state index contributed by atoms with van der Waals surface area (Å²) in [7, 11) is 0. The fourth-order valence-corrected chi connectivity index (χ4v) is 3.45. The maximum atomic E-state index is 6.06. The van der Waals surface area contributed by atoms with Crippen LogP contribution in [0, 0.1) is 0 Å². The highest BCUT2D eigenvalue weighted by Gasteiger charge is 2.19. The summed E-state index contributed by atoms with van der Waals surface area (Å²) < 4.78 is 0.980. The maximum absolute atomic E-state index is 6.06. The zero-order chi connectivity index (χ0) is 13.9. The molecule has 106 valence electrons. The highest BCUT2D eigenvalue weighted by atomic mass is 79.9. The van der Waals surface area contributed by atoms with Gasteiger partial charge in [-0.2, -0.15) is 5.10 Å². The van der Waals surface area contributed by atoms with E-state index in [9.17, 15) is 0 Å². The molecule has 1 saturated heterocycles. The van der Waals surface area contributed by atoms with Crippen molar-refractivity contribution < 1.29 is 0 Å². The second-order valence-corrected chi connectivity index (χ2v) is 6.45. The van der Waals surface area contributed by atoms with Crippen molar-refractivity contribution >= 4 is 27.5 Å². The number of aromatic nitrogens is 3. The van der Waals surface area contributed by atoms with Crippen molar-refractivity contribution in [3.8, 4) is 0 Å². The van der Waals surface area contributed by atoms with Gasteiger partial charge >= 0.3 is 0 Å². The van der Waals surface area contributed by atoms with E-state index in [0.717, 1.165) is 39.7 Å². The van der Waals surface area contributed by atoms with Gasteiger partial charge in [0.1, 0.15) is 5.82 Å². The molecule has 0 spiro atoms. The van der Waals surface area contributed by atoms with Crippen molar-refractivity contribution in [2.75, 3.05) is 6.54 Å². The summed E-state index contributed by atoms with van der Waals surface area (Å²) in [6.07, 6.45) is 4.30. The van der Waals surface area contributed by atoms with E-state index in [-0.39, 0.29) is 0 Å². The smallest absolute Gasteiger partial charge is 0.167 e. The predicted octanol–water partition coefficient (Wildman–Crippen LogP) is 3.63. The molecule has 1 aromatic heterocycles. The van der Waals surface area contributed by atoms with Crippen molar-refractivity contribution in [1.29, 1.82) is 0 Å². The van der Waals surface area contributed by atoms with Gasteiger partial charge in [0.05, 0.1) is 6.04 Å². The van der Waals surface area contributed by atoms with Crippen LogP contribution in [0.3, 0.4) is 0 Å². The Balaban J connectivity index is 1.73. The van der Waals surface area contributed by atoms with Gasteiger partial charge in [0.25, 0.3) is 0 Å². The van der Waals surface area contributed by atoms with Gasteiger partial charge in [-0.15, -0.1) is 0 Å². The lowest BCUT2D eigenvalue weighted by Gasteiger charge is -2.20. The molecule has 1 aliphatic heterocycles. The van der Waals surface area contributed by atoms with Gasteiger partial charge in [0, 0.05) is 15.9 Å². The predicted molar refractivity (Wildman–Crippen MR) is 82.9 cm³/mol. The summed E-state index contributed by atoms with van der Waals surface area (Å²) in [6.45, 7) is 1.05. The number of aromatic amines is 1. The fraction of sp³-hybridized carbons (Fsp3) is 0.429. The molecule has 0 radical (unpaired) electrons. The average molecular weight is 356 g/mol. The highest BCUT2D eigenvalue weighted by Crippen LogP contribution is 2.22. The van der Waals surface area contributed by atoms with Crippen LogP contribution in [-0.2, 0) is 6.42 Å². The molecule has 1 fully saturated rings. The van der Waals surface area contributed by atoms with Crippen molar-refractivity contribution in [2.24, 2.45) is 0 Å². The summed E-state index contributed by atoms with van der Waals surface area (Å²) in [5.41, 5.74) is 1.11. The molecule has 0 bridgehead atoms. The number of nitrogens with zero attached hydrogens (tertiary/aromatic N) is 2. The largest absolute Gasteiger partial charge is 0.307 e. The number of halogens is 2. The minimum Gasteiger partial charge on any atom is -0.307 e. The van der Waals surface area contributed by atoms with E-state index in [1.165, 1.54) is 12.8 Å². The van der Waals surface area contributed by atoms with E-state index < -0.39 is 0 Å². The molecule has 2 N–H and O–H groups in total. The molecule has 0 amide bonds. The fourth-order valence-electron chi connectivity index (χ4n) is 2.52. The topological polar surface area (TPSA) is 53.6 Å². The molecule has 0 aliphatic carbocycles. The Labute approximate surface area is 131 Å². The molecule has 2 heterocycles. The van der Waals surface area contributed by atoms with E-state index in [1.54, 1.807) is 0 Å². The lowest BCUT2D eigenvalue weighted by molar-refractivity contribution is 0.398. The van der Waals surface area contributed by atoms with E-state index in [2.05, 4.69) is 36.4 Å². The third-order valence-electron chi connectivity index (χ3n) is 3.46. The van der Waals surface area contributed by atoms with Gasteiger partial charge < -0.3 is 5.32 Å². The Bertz CT molecular complexity index is 572. The van der Waals surface area contributed by atoms with Crippen molar-refractivity contribution in [3.63, 3.8) is 0 Å². The Morgan fingerprint density at radius 2 is 2.20 bits per heavy atom. The molecular formula is C14H16BrClN4. The number of nitrogens with one attached hydrogen (secondary N) is 2. The van der Waals surface area contributed by atoms with Crippen LogP contribution >= 0.6 is 27.5 Å². The van der Waals surface area contributed by atoms with Gasteiger partial charge in [-0.3, -0.25) is 5.10 Å². The van der Waals surface area contributed by atoms with Crippen molar-refractivity contribution in [2.45, 2.75) is 31.7 Å². The van der Waals surface area contributed by atoms with Crippen LogP contribution < -0.4 is 5.32 Å². The second-order valence-electron chi connectivity index (χ2n) is 5.10. The minimum atomic E-state index is 0.292. The summed E-state index contributed by atoms with van der Waals surface area (Å²) in [5, 5.41) is 11.6. The zero-order valence-corrected chi connectivity index (χ0v) is 13.3. The first kappa shape index (κ1) is 14.0. The Hall–Kier alpha value is -0.910. The quantitative estimate of drug-likeness (QED) is 0.884. The molecule has 1 aliphatic rings. The number of piperidine rings is 1. The molecule has 1 atom stereocenters. The van der Waals surface area contributed by atoms with Gasteiger partial charge in [0.2, 0.25) is 0 Å². The summed E-state index contributed by atoms with van der Waals surface area (Å²) in [5.74, 6) is 1.75. The lowest BCUT2D eigenvalue weighted by atomic mass is 10.0. The van der Waals surface area contributed by atoms with E-state index in [0.29, 0.717) is 12.5 Å². The number of hydrogen-bond acceptors (Lipinski definition) is 3. The van der Waals surface area contributed by atoms with Gasteiger partial charge in [-0.05, 0) is 43.1 Å². The molecule has 4 nitrogen and oxygen atoms in total. The second kappa shape index (κ2) is 6.24. The zero-order valence-electron chi connectivity index (χ0n) is 11.0. The number of rotatable bonds is 3.